The van der Waals surface area contributed by atoms with Crippen molar-refractivity contribution in [2.45, 2.75) is 192 Å². The molecule has 0 bridgehead atoms. The van der Waals surface area contributed by atoms with E-state index >= 15 is 0 Å². The van der Waals surface area contributed by atoms with Crippen LogP contribution >= 0.6 is 0 Å². The summed E-state index contributed by atoms with van der Waals surface area (Å²) in [4.78, 5) is 12.9. The molecular formula is C57H90O12S. The number of unbranched alkanes of at least 4 members (excludes halogenated alkanes) is 8. The summed E-state index contributed by atoms with van der Waals surface area (Å²) in [6.45, 7) is 3.64. The molecule has 0 saturated carbocycles. The molecule has 6 unspecified atom stereocenters. The van der Waals surface area contributed by atoms with Crippen LogP contribution in [0.25, 0.3) is 0 Å². The number of hydrogen-bond acceptors (Lipinski definition) is 11. The van der Waals surface area contributed by atoms with Gasteiger partial charge in [-0.2, -0.15) is 8.42 Å². The molecule has 0 spiro atoms. The molecule has 4 N–H and O–H groups in total. The van der Waals surface area contributed by atoms with Crippen LogP contribution in [0.2, 0.25) is 0 Å². The van der Waals surface area contributed by atoms with Gasteiger partial charge in [-0.25, -0.2) is 4.18 Å². The van der Waals surface area contributed by atoms with Crippen LogP contribution in [0.5, 0.6) is 0 Å². The monoisotopic (exact) mass is 999 g/mol. The summed E-state index contributed by atoms with van der Waals surface area (Å²) < 4.78 is 59.2. The summed E-state index contributed by atoms with van der Waals surface area (Å²) in [5.41, 5.74) is 0. The predicted octanol–water partition coefficient (Wildman–Crippen LogP) is 12.3. The second-order valence-corrected chi connectivity index (χ2v) is 18.0. The maximum atomic E-state index is 12.9. The van der Waals surface area contributed by atoms with Gasteiger partial charge in [-0.1, -0.05) is 173 Å². The molecule has 70 heavy (non-hydrogen) atoms. The Labute approximate surface area is 423 Å². The zero-order valence-electron chi connectivity index (χ0n) is 42.5. The molecule has 12 nitrogen and oxygen atoms in total. The van der Waals surface area contributed by atoms with Gasteiger partial charge in [-0.3, -0.25) is 9.35 Å². The average molecular weight is 999 g/mol. The van der Waals surface area contributed by atoms with Crippen molar-refractivity contribution in [2.75, 3.05) is 26.4 Å². The van der Waals surface area contributed by atoms with Gasteiger partial charge in [0.25, 0.3) is 0 Å². The normalized spacial score (nSPS) is 20.2. The highest BCUT2D eigenvalue weighted by atomic mass is 32.3. The van der Waals surface area contributed by atoms with Crippen LogP contribution in [0.4, 0.5) is 0 Å². The van der Waals surface area contributed by atoms with Gasteiger partial charge in [-0.15, -0.1) is 0 Å². The molecule has 6 atom stereocenters. The van der Waals surface area contributed by atoms with Crippen LogP contribution in [0, 0.1) is 0 Å². The van der Waals surface area contributed by atoms with Crippen molar-refractivity contribution >= 4 is 16.4 Å². The molecule has 1 heterocycles. The third-order valence-electron chi connectivity index (χ3n) is 10.8. The summed E-state index contributed by atoms with van der Waals surface area (Å²) in [6.07, 6.45) is 59.0. The number of hydrogen-bond donors (Lipinski definition) is 4. The SMILES string of the molecule is CC/C=C\C/C=C\C/C=C\C/C=C\C/C=C\C/C=C\CCCCCCC(=O)OC(COCCCCCC/C=C\C/C=C\C/C=C\C/C=C\C/C=C\CC)COC1OC(CO)C(O)C(OS(=O)(=O)O)C1O. The summed E-state index contributed by atoms with van der Waals surface area (Å²) >= 11 is 0. The summed E-state index contributed by atoms with van der Waals surface area (Å²) in [7, 11) is -5.08. The lowest BCUT2D eigenvalue weighted by molar-refractivity contribution is -0.301. The Balaban J connectivity index is 2.43. The van der Waals surface area contributed by atoms with Gasteiger partial charge < -0.3 is 34.3 Å². The van der Waals surface area contributed by atoms with Crippen LogP contribution < -0.4 is 0 Å². The van der Waals surface area contributed by atoms with E-state index in [0.29, 0.717) is 13.0 Å². The standard InChI is InChI=1S/C57H90O12S/c1-3-5-7-9-11-13-15-17-19-21-23-25-26-27-28-30-32-34-36-38-40-42-44-46-53(59)67-51(50-66-57-55(61)56(69-70(62,63)64)54(60)52(48-58)68-57)49-65-47-45-43-41-39-37-35-33-31-29-24-22-20-18-16-14-12-10-8-6-4-2/h5-8,11-14,17-20,23-25,27-29,32-35,51-52,54-58,60-61H,3-4,9-10,15-16,21-22,26,30-31,36-50H2,1-2H3,(H,62,63,64)/b7-5-,8-6-,13-11-,14-12-,19-17-,20-18-,25-23-,28-27-,29-24-,34-32-,35-33-. The van der Waals surface area contributed by atoms with Crippen LogP contribution in [0.15, 0.2) is 134 Å². The number of carbonyl (C=O) groups excluding carboxylic acids is 1. The van der Waals surface area contributed by atoms with Gasteiger partial charge in [-0.05, 0) is 109 Å². The summed E-state index contributed by atoms with van der Waals surface area (Å²) in [6, 6.07) is 0. The first kappa shape index (κ1) is 64.3. The highest BCUT2D eigenvalue weighted by Gasteiger charge is 2.48. The van der Waals surface area contributed by atoms with E-state index in [1.54, 1.807) is 0 Å². The fraction of sp³-hybridized carbons (Fsp3) is 0.596. The maximum absolute atomic E-state index is 12.9. The third kappa shape index (κ3) is 38.9. The van der Waals surface area contributed by atoms with E-state index in [2.05, 4.69) is 152 Å². The Kier molecular flexibility index (Phi) is 42.5. The quantitative estimate of drug-likeness (QED) is 0.0197. The molecule has 0 aromatic heterocycles. The van der Waals surface area contributed by atoms with Crippen molar-refractivity contribution in [3.05, 3.63) is 134 Å². The molecule has 1 fully saturated rings. The van der Waals surface area contributed by atoms with E-state index in [-0.39, 0.29) is 19.6 Å². The van der Waals surface area contributed by atoms with Gasteiger partial charge in [0.2, 0.25) is 0 Å². The van der Waals surface area contributed by atoms with Crippen molar-refractivity contribution in [1.29, 1.82) is 0 Å². The van der Waals surface area contributed by atoms with Gasteiger partial charge in [0.05, 0.1) is 19.8 Å². The maximum Gasteiger partial charge on any atom is 0.397 e. The molecule has 1 aliphatic rings. The summed E-state index contributed by atoms with van der Waals surface area (Å²) in [5.74, 6) is -0.439. The second kappa shape index (κ2) is 46.3. The second-order valence-electron chi connectivity index (χ2n) is 17.0. The van der Waals surface area contributed by atoms with Gasteiger partial charge >= 0.3 is 16.4 Å². The number of aliphatic hydroxyl groups excluding tert-OH is 3. The van der Waals surface area contributed by atoms with Crippen LogP contribution in [-0.2, 0) is 38.3 Å². The molecule has 1 saturated heterocycles. The Morgan fingerprint density at radius 1 is 0.543 bits per heavy atom. The fourth-order valence-electron chi connectivity index (χ4n) is 6.94. The highest BCUT2D eigenvalue weighted by molar-refractivity contribution is 7.80. The zero-order valence-corrected chi connectivity index (χ0v) is 43.3. The van der Waals surface area contributed by atoms with Crippen molar-refractivity contribution in [3.8, 4) is 0 Å². The van der Waals surface area contributed by atoms with Gasteiger partial charge in [0.1, 0.15) is 30.5 Å². The first-order valence-electron chi connectivity index (χ1n) is 25.9. The average Bonchev–Trinajstić information content (AvgIpc) is 3.34. The first-order chi connectivity index (χ1) is 34.1. The van der Waals surface area contributed by atoms with Crippen LogP contribution in [-0.4, -0.2) is 97.5 Å². The number of aliphatic hydroxyl groups is 3. The molecule has 1 aliphatic heterocycles. The predicted molar refractivity (Wildman–Crippen MR) is 284 cm³/mol. The molecule has 0 radical (unpaired) electrons. The number of allylic oxidation sites excluding steroid dienone is 22. The van der Waals surface area contributed by atoms with E-state index in [9.17, 15) is 33.1 Å². The van der Waals surface area contributed by atoms with Crippen LogP contribution in [0.1, 0.15) is 155 Å². The summed E-state index contributed by atoms with van der Waals surface area (Å²) in [5, 5.41) is 30.8. The zero-order chi connectivity index (χ0) is 51.0. The third-order valence-corrected chi connectivity index (χ3v) is 11.2. The topological polar surface area (TPSA) is 178 Å². The largest absolute Gasteiger partial charge is 0.457 e. The van der Waals surface area contributed by atoms with Crippen molar-refractivity contribution < 1.29 is 56.2 Å². The highest BCUT2D eigenvalue weighted by Crippen LogP contribution is 2.26. The van der Waals surface area contributed by atoms with E-state index in [0.717, 1.165) is 128 Å². The Hall–Kier alpha value is -3.76. The van der Waals surface area contributed by atoms with Gasteiger partial charge in [0, 0.05) is 13.0 Å². The Bertz CT molecular complexity index is 1720. The van der Waals surface area contributed by atoms with E-state index in [1.165, 1.54) is 0 Å². The lowest BCUT2D eigenvalue weighted by atomic mass is 9.99. The molecule has 0 aromatic rings. The minimum Gasteiger partial charge on any atom is -0.457 e. The Morgan fingerprint density at radius 2 is 0.943 bits per heavy atom. The van der Waals surface area contributed by atoms with E-state index in [4.69, 9.17) is 18.9 Å². The molecule has 0 aliphatic carbocycles. The molecule has 396 valence electrons. The number of ether oxygens (including phenoxy) is 4. The molecule has 0 amide bonds. The number of carbonyl (C=O) groups is 1. The van der Waals surface area contributed by atoms with Gasteiger partial charge in [0.15, 0.2) is 6.29 Å². The molecule has 1 rings (SSSR count). The minimum atomic E-state index is -5.08. The molecular weight excluding hydrogens is 909 g/mol. The molecule has 13 heteroatoms. The number of esters is 1. The van der Waals surface area contributed by atoms with E-state index in [1.807, 2.05) is 0 Å². The first-order valence-corrected chi connectivity index (χ1v) is 27.3. The number of rotatable bonds is 43. The Morgan fingerprint density at radius 3 is 1.36 bits per heavy atom. The van der Waals surface area contributed by atoms with Crippen molar-refractivity contribution in [2.24, 2.45) is 0 Å². The van der Waals surface area contributed by atoms with Crippen LogP contribution in [0.3, 0.4) is 0 Å². The van der Waals surface area contributed by atoms with Crippen molar-refractivity contribution in [1.82, 2.24) is 0 Å². The van der Waals surface area contributed by atoms with E-state index < -0.39 is 59.8 Å². The van der Waals surface area contributed by atoms with Crippen molar-refractivity contribution in [3.63, 3.8) is 0 Å². The molecule has 0 aromatic carbocycles. The smallest absolute Gasteiger partial charge is 0.397 e. The fourth-order valence-corrected chi connectivity index (χ4v) is 7.44. The minimum absolute atomic E-state index is 0.00243. The lowest BCUT2D eigenvalue weighted by Crippen LogP contribution is -2.60. The lowest BCUT2D eigenvalue weighted by Gasteiger charge is -2.41.